The Morgan fingerprint density at radius 2 is 1.70 bits per heavy atom. The van der Waals surface area contributed by atoms with Crippen LogP contribution in [0.25, 0.3) is 10.9 Å². The van der Waals surface area contributed by atoms with E-state index in [0.717, 1.165) is 22.0 Å². The number of benzene rings is 3. The number of hydrazone groups is 1. The fourth-order valence-electron chi connectivity index (χ4n) is 4.58. The van der Waals surface area contributed by atoms with Crippen LogP contribution in [-0.4, -0.2) is 63.2 Å². The molecule has 3 amide bonds. The summed E-state index contributed by atoms with van der Waals surface area (Å²) in [6, 6.07) is 16.6. The molecule has 0 saturated heterocycles. The Morgan fingerprint density at radius 1 is 0.978 bits per heavy atom. The number of rotatable bonds is 11. The van der Waals surface area contributed by atoms with Gasteiger partial charge in [-0.15, -0.1) is 0 Å². The number of aliphatic hydroxyl groups is 1. The molecule has 0 aliphatic rings. The molecule has 0 bridgehead atoms. The van der Waals surface area contributed by atoms with E-state index >= 15 is 0 Å². The van der Waals surface area contributed by atoms with Gasteiger partial charge in [-0.25, -0.2) is 10.2 Å². The number of nitrogens with zero attached hydrogens (tertiary/aromatic N) is 2. The molecular formula is C33H35Cl2N5O6. The zero-order valence-electron chi connectivity index (χ0n) is 25.5. The monoisotopic (exact) mass is 667 g/mol. The molecule has 4 aromatic rings. The summed E-state index contributed by atoms with van der Waals surface area (Å²) < 4.78 is 7.18. The van der Waals surface area contributed by atoms with Crippen molar-refractivity contribution < 1.29 is 29.3 Å². The molecule has 4 rings (SSSR count). The molecule has 0 spiro atoms. The number of aromatic nitrogens is 1. The second-order valence-corrected chi connectivity index (χ2v) is 12.4. The summed E-state index contributed by atoms with van der Waals surface area (Å²) >= 11 is 12.5. The van der Waals surface area contributed by atoms with Gasteiger partial charge < -0.3 is 30.2 Å². The number of carbonyl (C=O) groups is 3. The van der Waals surface area contributed by atoms with Crippen molar-refractivity contribution in [3.05, 3.63) is 99.7 Å². The fraction of sp³-hybridized carbons (Fsp3) is 0.273. The first-order valence-electron chi connectivity index (χ1n) is 14.4. The van der Waals surface area contributed by atoms with Crippen molar-refractivity contribution in [3.8, 4) is 5.75 Å². The van der Waals surface area contributed by atoms with Gasteiger partial charge in [0.25, 0.3) is 5.91 Å². The van der Waals surface area contributed by atoms with Gasteiger partial charge in [-0.2, -0.15) is 5.10 Å². The van der Waals surface area contributed by atoms with Crippen LogP contribution < -0.4 is 16.1 Å². The van der Waals surface area contributed by atoms with E-state index in [1.54, 1.807) is 45.0 Å². The van der Waals surface area contributed by atoms with E-state index in [-0.39, 0.29) is 12.2 Å². The van der Waals surface area contributed by atoms with Crippen LogP contribution in [0.4, 0.5) is 4.79 Å². The normalized spacial score (nSPS) is 12.9. The van der Waals surface area contributed by atoms with E-state index in [0.29, 0.717) is 22.2 Å². The highest BCUT2D eigenvalue weighted by Crippen LogP contribution is 2.25. The molecule has 3 aromatic carbocycles. The van der Waals surface area contributed by atoms with Gasteiger partial charge in [0.05, 0.1) is 12.8 Å². The number of carbonyl (C=O) groups excluding carboxylic acids is 3. The first-order valence-corrected chi connectivity index (χ1v) is 15.1. The number of phenolic OH excluding ortho intramolecular Hbond substituents is 1. The maximum absolute atomic E-state index is 13.3. The zero-order valence-corrected chi connectivity index (χ0v) is 27.0. The number of amides is 3. The summed E-state index contributed by atoms with van der Waals surface area (Å²) in [7, 11) is 0. The summed E-state index contributed by atoms with van der Waals surface area (Å²) in [6.07, 6.45) is 2.51. The van der Waals surface area contributed by atoms with Gasteiger partial charge in [0.2, 0.25) is 5.91 Å². The summed E-state index contributed by atoms with van der Waals surface area (Å²) in [6.45, 7) is 4.72. The highest BCUT2D eigenvalue weighted by Gasteiger charge is 2.28. The largest absolute Gasteiger partial charge is 0.508 e. The molecule has 0 aliphatic carbocycles. The summed E-state index contributed by atoms with van der Waals surface area (Å²) in [5, 5.41) is 30.5. The Bertz CT molecular complexity index is 1730. The average molecular weight is 669 g/mol. The van der Waals surface area contributed by atoms with E-state index in [1.165, 1.54) is 18.3 Å². The Balaban J connectivity index is 1.51. The molecule has 2 atom stereocenters. The molecule has 1 heterocycles. The van der Waals surface area contributed by atoms with Crippen molar-refractivity contribution in [2.24, 2.45) is 5.10 Å². The number of nitrogens with one attached hydrogen (secondary N) is 3. The molecule has 0 fully saturated rings. The van der Waals surface area contributed by atoms with Crippen molar-refractivity contribution in [1.29, 1.82) is 0 Å². The minimum atomic E-state index is -1.38. The molecule has 5 N–H and O–H groups in total. The molecule has 11 nitrogen and oxygen atoms in total. The first-order chi connectivity index (χ1) is 21.8. The number of ether oxygens (including phenoxy) is 1. The second-order valence-electron chi connectivity index (χ2n) is 11.5. The molecule has 0 saturated carbocycles. The number of fused-ring (bicyclic) bond motifs is 1. The van der Waals surface area contributed by atoms with Gasteiger partial charge in [0.15, 0.2) is 0 Å². The van der Waals surface area contributed by atoms with Crippen LogP contribution in [-0.2, 0) is 27.3 Å². The predicted octanol–water partition coefficient (Wildman–Crippen LogP) is 4.77. The van der Waals surface area contributed by atoms with Crippen molar-refractivity contribution >= 4 is 58.2 Å². The quantitative estimate of drug-likeness (QED) is 0.115. The van der Waals surface area contributed by atoms with Crippen molar-refractivity contribution in [1.82, 2.24) is 20.6 Å². The Hall–Kier alpha value is -4.58. The van der Waals surface area contributed by atoms with E-state index < -0.39 is 42.2 Å². The van der Waals surface area contributed by atoms with E-state index in [1.807, 2.05) is 41.1 Å². The van der Waals surface area contributed by atoms with Crippen molar-refractivity contribution in [2.75, 3.05) is 6.61 Å². The Labute approximate surface area is 276 Å². The predicted molar refractivity (Wildman–Crippen MR) is 177 cm³/mol. The van der Waals surface area contributed by atoms with Gasteiger partial charge in [0, 0.05) is 45.7 Å². The SMILES string of the molecule is CC(C)(C)OC(=O)N[C@@H](CO)C(=O)N[C@@H](Cc1ccc(O)cc1)C(=O)N/N=C\c1cn(Cc2ccc(Cl)cc2Cl)c2ccccc12. The van der Waals surface area contributed by atoms with Gasteiger partial charge in [0.1, 0.15) is 23.4 Å². The highest BCUT2D eigenvalue weighted by atomic mass is 35.5. The van der Waals surface area contributed by atoms with Crippen LogP contribution in [0.15, 0.2) is 78.0 Å². The number of hydrogen-bond acceptors (Lipinski definition) is 7. The lowest BCUT2D eigenvalue weighted by molar-refractivity contribution is -0.130. The smallest absolute Gasteiger partial charge is 0.408 e. The summed E-state index contributed by atoms with van der Waals surface area (Å²) in [5.74, 6) is -1.42. The number of aromatic hydroxyl groups is 1. The Morgan fingerprint density at radius 3 is 2.37 bits per heavy atom. The second kappa shape index (κ2) is 15.1. The highest BCUT2D eigenvalue weighted by molar-refractivity contribution is 6.35. The number of aliphatic hydroxyl groups excluding tert-OH is 1. The number of halogens is 2. The van der Waals surface area contributed by atoms with Crippen LogP contribution in [0.2, 0.25) is 10.0 Å². The number of hydrogen-bond donors (Lipinski definition) is 5. The number of para-hydroxylation sites is 1. The van der Waals surface area contributed by atoms with Crippen LogP contribution >= 0.6 is 23.2 Å². The van der Waals surface area contributed by atoms with Gasteiger partial charge in [-0.05, 0) is 62.2 Å². The van der Waals surface area contributed by atoms with Crippen LogP contribution in [0, 0.1) is 0 Å². The topological polar surface area (TPSA) is 154 Å². The van der Waals surface area contributed by atoms with Crippen molar-refractivity contribution in [2.45, 2.75) is 51.4 Å². The standard InChI is InChI=1S/C33H35Cl2N5O6/c1-33(2,3)46-32(45)38-28(19-41)30(43)37-27(14-20-8-12-24(42)13-9-20)31(44)39-36-16-22-18-40(29-7-5-4-6-25(22)29)17-21-10-11-23(34)15-26(21)35/h4-13,15-16,18,27-28,41-42H,14,17,19H2,1-3H3,(H,37,43)(H,38,45)(H,39,44)/b36-16-/t27-,28-/m0/s1. The Kier molecular flexibility index (Phi) is 11.3. The average Bonchev–Trinajstić information content (AvgIpc) is 3.34. The number of phenols is 1. The lowest BCUT2D eigenvalue weighted by Gasteiger charge is -2.24. The summed E-state index contributed by atoms with van der Waals surface area (Å²) in [4.78, 5) is 38.6. The van der Waals surface area contributed by atoms with Crippen molar-refractivity contribution in [3.63, 3.8) is 0 Å². The van der Waals surface area contributed by atoms with Crippen LogP contribution in [0.3, 0.4) is 0 Å². The molecule has 242 valence electrons. The minimum Gasteiger partial charge on any atom is -0.508 e. The zero-order chi connectivity index (χ0) is 33.4. The van der Waals surface area contributed by atoms with Crippen LogP contribution in [0.5, 0.6) is 5.75 Å². The molecular weight excluding hydrogens is 633 g/mol. The molecule has 0 radical (unpaired) electrons. The molecule has 1 aromatic heterocycles. The third-order valence-electron chi connectivity index (χ3n) is 6.75. The molecule has 46 heavy (non-hydrogen) atoms. The van der Waals surface area contributed by atoms with Gasteiger partial charge in [-0.3, -0.25) is 9.59 Å². The fourth-order valence-corrected chi connectivity index (χ4v) is 5.05. The molecule has 0 aliphatic heterocycles. The number of alkyl carbamates (subject to hydrolysis) is 1. The third kappa shape index (κ3) is 9.46. The molecule has 13 heteroatoms. The third-order valence-corrected chi connectivity index (χ3v) is 7.34. The maximum atomic E-state index is 13.3. The minimum absolute atomic E-state index is 0.0269. The van der Waals surface area contributed by atoms with Crippen LogP contribution in [0.1, 0.15) is 37.5 Å². The van der Waals surface area contributed by atoms with E-state index in [9.17, 15) is 24.6 Å². The van der Waals surface area contributed by atoms with E-state index in [4.69, 9.17) is 27.9 Å². The first kappa shape index (κ1) is 34.3. The lowest BCUT2D eigenvalue weighted by atomic mass is 10.0. The van der Waals surface area contributed by atoms with E-state index in [2.05, 4.69) is 21.2 Å². The molecule has 0 unspecified atom stereocenters. The van der Waals surface area contributed by atoms with Gasteiger partial charge in [-0.1, -0.05) is 59.6 Å². The maximum Gasteiger partial charge on any atom is 0.408 e. The summed E-state index contributed by atoms with van der Waals surface area (Å²) in [5.41, 5.74) is 4.81. The lowest BCUT2D eigenvalue weighted by Crippen LogP contribution is -2.55. The van der Waals surface area contributed by atoms with Gasteiger partial charge >= 0.3 is 6.09 Å².